The molecule has 0 saturated carbocycles. The minimum atomic E-state index is -0.257. The molecule has 1 aliphatic heterocycles. The zero-order valence-electron chi connectivity index (χ0n) is 19.2. The lowest BCUT2D eigenvalue weighted by Crippen LogP contribution is -2.41. The van der Waals surface area contributed by atoms with Gasteiger partial charge in [-0.2, -0.15) is 0 Å². The largest absolute Gasteiger partial charge is 0.496 e. The van der Waals surface area contributed by atoms with E-state index in [1.165, 1.54) is 6.07 Å². The fourth-order valence-corrected chi connectivity index (χ4v) is 3.98. The maximum Gasteiger partial charge on any atom is 0.317 e. The van der Waals surface area contributed by atoms with Crippen LogP contribution in [0.1, 0.15) is 23.4 Å². The van der Waals surface area contributed by atoms with Crippen LogP contribution in [0.4, 0.5) is 14.9 Å². The summed E-state index contributed by atoms with van der Waals surface area (Å²) >= 11 is 0. The monoisotopic (exact) mass is 452 g/mol. The van der Waals surface area contributed by atoms with E-state index in [1.54, 1.807) is 26.3 Å². The number of urea groups is 1. The van der Waals surface area contributed by atoms with E-state index in [0.29, 0.717) is 49.1 Å². The van der Waals surface area contributed by atoms with Crippen molar-refractivity contribution in [3.8, 4) is 17.1 Å². The van der Waals surface area contributed by atoms with Gasteiger partial charge in [0.25, 0.3) is 0 Å². The molecule has 0 radical (unpaired) electrons. The first-order valence-corrected chi connectivity index (χ1v) is 11.1. The zero-order valence-corrected chi connectivity index (χ0v) is 19.2. The average molecular weight is 453 g/mol. The summed E-state index contributed by atoms with van der Waals surface area (Å²) in [6, 6.07) is 10.9. The number of ether oxygens (including phenoxy) is 1. The first-order chi connectivity index (χ1) is 15.9. The van der Waals surface area contributed by atoms with E-state index >= 15 is 0 Å². The number of nitrogens with one attached hydrogen (secondary N) is 1. The standard InChI is InChI=1S/C25H29FN4O3/c1-17-5-6-19(13-22(17)26)15-28-25(31)30-10-4-9-29(11-12-30)20-7-8-21(23(14-20)32-3)24-16-27-18(2)33-24/h5-8,13-14,16H,4,9-12,15H2,1-3H3,(H,28,31). The summed E-state index contributed by atoms with van der Waals surface area (Å²) in [5.41, 5.74) is 3.23. The fourth-order valence-electron chi connectivity index (χ4n) is 3.98. The number of hydrogen-bond acceptors (Lipinski definition) is 5. The topological polar surface area (TPSA) is 70.8 Å². The molecule has 1 N–H and O–H groups in total. The summed E-state index contributed by atoms with van der Waals surface area (Å²) in [5.74, 6) is 1.73. The highest BCUT2D eigenvalue weighted by Crippen LogP contribution is 2.34. The summed E-state index contributed by atoms with van der Waals surface area (Å²) in [5, 5.41) is 2.91. The van der Waals surface area contributed by atoms with Gasteiger partial charge in [0, 0.05) is 51.4 Å². The summed E-state index contributed by atoms with van der Waals surface area (Å²) in [6.07, 6.45) is 2.54. The predicted octanol–water partition coefficient (Wildman–Crippen LogP) is 4.53. The number of halogens is 1. The summed E-state index contributed by atoms with van der Waals surface area (Å²) in [4.78, 5) is 20.9. The molecule has 0 atom stereocenters. The minimum Gasteiger partial charge on any atom is -0.496 e. The second-order valence-corrected chi connectivity index (χ2v) is 8.20. The molecule has 4 rings (SSSR count). The molecular formula is C25H29FN4O3. The number of aromatic nitrogens is 1. The number of oxazole rings is 1. The third-order valence-electron chi connectivity index (χ3n) is 5.90. The lowest BCUT2D eigenvalue weighted by molar-refractivity contribution is 0.201. The number of anilines is 1. The zero-order chi connectivity index (χ0) is 23.4. The molecule has 1 aromatic heterocycles. The van der Waals surface area contributed by atoms with Crippen molar-refractivity contribution in [2.45, 2.75) is 26.8 Å². The lowest BCUT2D eigenvalue weighted by atomic mass is 10.1. The molecule has 0 spiro atoms. The van der Waals surface area contributed by atoms with Crippen LogP contribution in [0, 0.1) is 19.7 Å². The van der Waals surface area contributed by atoms with Crippen molar-refractivity contribution >= 4 is 11.7 Å². The van der Waals surface area contributed by atoms with E-state index in [1.807, 2.05) is 36.1 Å². The molecule has 3 aromatic rings. The normalized spacial score (nSPS) is 14.2. The number of nitrogens with zero attached hydrogens (tertiary/aromatic N) is 3. The number of aryl methyl sites for hydroxylation is 2. The molecule has 2 aromatic carbocycles. The van der Waals surface area contributed by atoms with E-state index in [2.05, 4.69) is 15.2 Å². The Balaban J connectivity index is 1.38. The number of methoxy groups -OCH3 is 1. The van der Waals surface area contributed by atoms with Gasteiger partial charge in [0.05, 0.1) is 18.9 Å². The van der Waals surface area contributed by atoms with Crippen LogP contribution in [-0.2, 0) is 6.54 Å². The smallest absolute Gasteiger partial charge is 0.317 e. The molecule has 7 nitrogen and oxygen atoms in total. The second-order valence-electron chi connectivity index (χ2n) is 8.20. The molecular weight excluding hydrogens is 423 g/mol. The molecule has 174 valence electrons. The summed E-state index contributed by atoms with van der Waals surface area (Å²) in [7, 11) is 1.64. The Morgan fingerprint density at radius 1 is 1.15 bits per heavy atom. The molecule has 1 saturated heterocycles. The highest BCUT2D eigenvalue weighted by Gasteiger charge is 2.20. The maximum atomic E-state index is 13.7. The SMILES string of the molecule is COc1cc(N2CCCN(C(=O)NCc3ccc(C)c(F)c3)CC2)ccc1-c1cnc(C)o1. The van der Waals surface area contributed by atoms with Crippen LogP contribution < -0.4 is 15.0 Å². The first-order valence-electron chi connectivity index (χ1n) is 11.1. The Hall–Kier alpha value is -3.55. The van der Waals surface area contributed by atoms with Crippen molar-refractivity contribution in [3.05, 3.63) is 65.4 Å². The number of benzene rings is 2. The molecule has 0 bridgehead atoms. The molecule has 2 heterocycles. The van der Waals surface area contributed by atoms with Crippen molar-refractivity contribution in [2.24, 2.45) is 0 Å². The van der Waals surface area contributed by atoms with Gasteiger partial charge in [-0.05, 0) is 42.7 Å². The van der Waals surface area contributed by atoms with Gasteiger partial charge in [-0.15, -0.1) is 0 Å². The van der Waals surface area contributed by atoms with Gasteiger partial charge < -0.3 is 24.3 Å². The van der Waals surface area contributed by atoms with Gasteiger partial charge in [-0.3, -0.25) is 0 Å². The third kappa shape index (κ3) is 5.27. The van der Waals surface area contributed by atoms with Crippen molar-refractivity contribution in [3.63, 3.8) is 0 Å². The van der Waals surface area contributed by atoms with Crippen molar-refractivity contribution in [2.75, 3.05) is 38.2 Å². The molecule has 8 heteroatoms. The van der Waals surface area contributed by atoms with Crippen LogP contribution in [0.15, 0.2) is 47.0 Å². The fraction of sp³-hybridized carbons (Fsp3) is 0.360. The van der Waals surface area contributed by atoms with Gasteiger partial charge >= 0.3 is 6.03 Å². The van der Waals surface area contributed by atoms with Crippen LogP contribution in [0.2, 0.25) is 0 Å². The van der Waals surface area contributed by atoms with E-state index in [4.69, 9.17) is 9.15 Å². The van der Waals surface area contributed by atoms with E-state index < -0.39 is 0 Å². The Kier molecular flexibility index (Phi) is 6.82. The third-order valence-corrected chi connectivity index (χ3v) is 5.90. The molecule has 2 amide bonds. The first kappa shape index (κ1) is 22.6. The number of carbonyl (C=O) groups is 1. The molecule has 0 unspecified atom stereocenters. The predicted molar refractivity (Wildman–Crippen MR) is 125 cm³/mol. The van der Waals surface area contributed by atoms with Gasteiger partial charge in [0.15, 0.2) is 11.7 Å². The van der Waals surface area contributed by atoms with Crippen LogP contribution in [0.5, 0.6) is 5.75 Å². The van der Waals surface area contributed by atoms with Crippen LogP contribution in [0.25, 0.3) is 11.3 Å². The quantitative estimate of drug-likeness (QED) is 0.616. The Morgan fingerprint density at radius 3 is 2.73 bits per heavy atom. The van der Waals surface area contributed by atoms with Crippen molar-refractivity contribution < 1.29 is 18.3 Å². The van der Waals surface area contributed by atoms with Gasteiger partial charge in [0.1, 0.15) is 11.6 Å². The molecule has 1 fully saturated rings. The Labute approximate surface area is 193 Å². The lowest BCUT2D eigenvalue weighted by Gasteiger charge is -2.24. The maximum absolute atomic E-state index is 13.7. The Morgan fingerprint density at radius 2 is 2.00 bits per heavy atom. The Bertz CT molecular complexity index is 1130. The molecule has 33 heavy (non-hydrogen) atoms. The van der Waals surface area contributed by atoms with Gasteiger partial charge in [0.2, 0.25) is 0 Å². The van der Waals surface area contributed by atoms with Gasteiger partial charge in [-0.25, -0.2) is 14.2 Å². The highest BCUT2D eigenvalue weighted by molar-refractivity contribution is 5.74. The van der Waals surface area contributed by atoms with E-state index in [0.717, 1.165) is 29.8 Å². The number of carbonyl (C=O) groups excluding carboxylic acids is 1. The number of hydrogen-bond donors (Lipinski definition) is 1. The number of amides is 2. The van der Waals surface area contributed by atoms with Crippen LogP contribution >= 0.6 is 0 Å². The summed E-state index contributed by atoms with van der Waals surface area (Å²) < 4.78 is 25.0. The van der Waals surface area contributed by atoms with Gasteiger partial charge in [-0.1, -0.05) is 12.1 Å². The van der Waals surface area contributed by atoms with E-state index in [-0.39, 0.29) is 11.8 Å². The number of rotatable bonds is 5. The minimum absolute atomic E-state index is 0.133. The average Bonchev–Trinajstić information content (AvgIpc) is 3.10. The van der Waals surface area contributed by atoms with Crippen LogP contribution in [0.3, 0.4) is 0 Å². The highest BCUT2D eigenvalue weighted by atomic mass is 19.1. The van der Waals surface area contributed by atoms with Crippen molar-refractivity contribution in [1.82, 2.24) is 15.2 Å². The van der Waals surface area contributed by atoms with Crippen molar-refractivity contribution in [1.29, 1.82) is 0 Å². The van der Waals surface area contributed by atoms with E-state index in [9.17, 15) is 9.18 Å². The second kappa shape index (κ2) is 9.94. The summed E-state index contributed by atoms with van der Waals surface area (Å²) in [6.45, 7) is 6.63. The van der Waals surface area contributed by atoms with Crippen LogP contribution in [-0.4, -0.2) is 49.2 Å². The molecule has 1 aliphatic rings. The molecule has 0 aliphatic carbocycles.